The molecular formula is C12H12ClF3Si. The first-order valence-corrected chi connectivity index (χ1v) is 8.88. The van der Waals surface area contributed by atoms with E-state index in [1.165, 1.54) is 18.2 Å². The first kappa shape index (κ1) is 14.1. The standard InChI is InChI=1S/C12H12ClF3Si/c1-17(2,3)8-7-9-5-4-6-10(13)11(9)12(14,15)16/h4-6H,1-3H3. The van der Waals surface area contributed by atoms with Crippen LogP contribution in [-0.2, 0) is 6.18 Å². The largest absolute Gasteiger partial charge is 0.419 e. The van der Waals surface area contributed by atoms with Crippen LogP contribution in [0.15, 0.2) is 18.2 Å². The molecule has 0 atom stereocenters. The lowest BCUT2D eigenvalue weighted by Crippen LogP contribution is -2.16. The van der Waals surface area contributed by atoms with Crippen molar-refractivity contribution in [1.29, 1.82) is 0 Å². The highest BCUT2D eigenvalue weighted by Gasteiger charge is 2.35. The van der Waals surface area contributed by atoms with E-state index in [1.807, 2.05) is 19.6 Å². The highest BCUT2D eigenvalue weighted by Crippen LogP contribution is 2.36. The zero-order chi connectivity index (χ0) is 13.3. The summed E-state index contributed by atoms with van der Waals surface area (Å²) in [5, 5.41) is -0.306. The Kier molecular flexibility index (Phi) is 3.95. The molecule has 0 aromatic heterocycles. The topological polar surface area (TPSA) is 0 Å². The lowest BCUT2D eigenvalue weighted by atomic mass is 10.1. The predicted molar refractivity (Wildman–Crippen MR) is 66.7 cm³/mol. The molecule has 0 nitrogen and oxygen atoms in total. The SMILES string of the molecule is C[Si](C)(C)C#Cc1cccc(Cl)c1C(F)(F)F. The van der Waals surface area contributed by atoms with Crippen LogP contribution in [0.4, 0.5) is 13.2 Å². The van der Waals surface area contributed by atoms with Crippen molar-refractivity contribution in [3.63, 3.8) is 0 Å². The first-order chi connectivity index (χ1) is 7.61. The summed E-state index contributed by atoms with van der Waals surface area (Å²) < 4.78 is 38.4. The molecule has 0 unspecified atom stereocenters. The summed E-state index contributed by atoms with van der Waals surface area (Å²) in [5.74, 6) is 2.61. The summed E-state index contributed by atoms with van der Waals surface area (Å²) in [6, 6.07) is 4.05. The molecular weight excluding hydrogens is 265 g/mol. The Morgan fingerprint density at radius 3 is 2.24 bits per heavy atom. The number of hydrogen-bond donors (Lipinski definition) is 0. The van der Waals surface area contributed by atoms with Gasteiger partial charge >= 0.3 is 6.18 Å². The highest BCUT2D eigenvalue weighted by atomic mass is 35.5. The molecule has 0 saturated carbocycles. The van der Waals surface area contributed by atoms with Crippen molar-refractivity contribution in [2.75, 3.05) is 0 Å². The summed E-state index contributed by atoms with van der Waals surface area (Å²) in [6.45, 7) is 5.91. The van der Waals surface area contributed by atoms with Crippen LogP contribution >= 0.6 is 11.6 Å². The van der Waals surface area contributed by atoms with Gasteiger partial charge in [0.25, 0.3) is 0 Å². The molecule has 0 aliphatic heterocycles. The second-order valence-corrected chi connectivity index (χ2v) is 9.82. The minimum absolute atomic E-state index is 0.0487. The van der Waals surface area contributed by atoms with E-state index < -0.39 is 19.8 Å². The molecule has 0 amide bonds. The fourth-order valence-electron chi connectivity index (χ4n) is 1.17. The monoisotopic (exact) mass is 276 g/mol. The van der Waals surface area contributed by atoms with Crippen molar-refractivity contribution in [3.05, 3.63) is 34.3 Å². The Morgan fingerprint density at radius 2 is 1.76 bits per heavy atom. The van der Waals surface area contributed by atoms with Crippen molar-refractivity contribution in [2.45, 2.75) is 25.8 Å². The molecule has 1 aromatic rings. The van der Waals surface area contributed by atoms with Gasteiger partial charge in [0.05, 0.1) is 10.6 Å². The normalized spacial score (nSPS) is 11.9. The zero-order valence-electron chi connectivity index (χ0n) is 9.74. The van der Waals surface area contributed by atoms with Gasteiger partial charge in [0.2, 0.25) is 0 Å². The van der Waals surface area contributed by atoms with Crippen molar-refractivity contribution in [1.82, 2.24) is 0 Å². The third-order valence-corrected chi connectivity index (χ3v) is 3.06. The summed E-state index contributed by atoms with van der Waals surface area (Å²) in [5.41, 5.74) is 2.02. The zero-order valence-corrected chi connectivity index (χ0v) is 11.5. The Hall–Kier alpha value is -0.923. The van der Waals surface area contributed by atoms with Crippen LogP contribution in [0, 0.1) is 11.5 Å². The second kappa shape index (κ2) is 4.75. The van der Waals surface area contributed by atoms with Gasteiger partial charge in [0.15, 0.2) is 0 Å². The maximum Gasteiger partial charge on any atom is 0.419 e. The summed E-state index contributed by atoms with van der Waals surface area (Å²) >= 11 is 5.59. The van der Waals surface area contributed by atoms with Gasteiger partial charge in [-0.25, -0.2) is 0 Å². The number of rotatable bonds is 0. The van der Waals surface area contributed by atoms with Crippen LogP contribution in [-0.4, -0.2) is 8.07 Å². The average Bonchev–Trinajstić information content (AvgIpc) is 2.11. The van der Waals surface area contributed by atoms with Crippen molar-refractivity contribution in [3.8, 4) is 11.5 Å². The van der Waals surface area contributed by atoms with E-state index in [-0.39, 0.29) is 10.6 Å². The molecule has 0 radical (unpaired) electrons. The van der Waals surface area contributed by atoms with E-state index >= 15 is 0 Å². The molecule has 17 heavy (non-hydrogen) atoms. The van der Waals surface area contributed by atoms with Crippen LogP contribution in [0.25, 0.3) is 0 Å². The average molecular weight is 277 g/mol. The summed E-state index contributed by atoms with van der Waals surface area (Å²) in [7, 11) is -1.71. The fourth-order valence-corrected chi connectivity index (χ4v) is 1.96. The van der Waals surface area contributed by atoms with Gasteiger partial charge in [-0.1, -0.05) is 43.2 Å². The van der Waals surface area contributed by atoms with Crippen LogP contribution in [0.5, 0.6) is 0 Å². The van der Waals surface area contributed by atoms with E-state index in [0.717, 1.165) is 0 Å². The molecule has 0 heterocycles. The third-order valence-electron chi connectivity index (χ3n) is 1.87. The number of benzene rings is 1. The lowest BCUT2D eigenvalue weighted by molar-refractivity contribution is -0.137. The number of hydrogen-bond acceptors (Lipinski definition) is 0. The van der Waals surface area contributed by atoms with Crippen LogP contribution in [0.3, 0.4) is 0 Å². The molecule has 0 aliphatic carbocycles. The van der Waals surface area contributed by atoms with Crippen LogP contribution in [0.1, 0.15) is 11.1 Å². The minimum atomic E-state index is -4.47. The molecule has 92 valence electrons. The first-order valence-electron chi connectivity index (χ1n) is 5.00. The van der Waals surface area contributed by atoms with E-state index in [9.17, 15) is 13.2 Å². The van der Waals surface area contributed by atoms with E-state index in [1.54, 1.807) is 0 Å². The molecule has 1 rings (SSSR count). The fraction of sp³-hybridized carbons (Fsp3) is 0.333. The van der Waals surface area contributed by atoms with Crippen LogP contribution in [0.2, 0.25) is 24.7 Å². The van der Waals surface area contributed by atoms with Gasteiger partial charge in [-0.15, -0.1) is 5.54 Å². The molecule has 0 bridgehead atoms. The van der Waals surface area contributed by atoms with Gasteiger partial charge in [-0.3, -0.25) is 0 Å². The number of halogens is 4. The molecule has 1 aromatic carbocycles. The predicted octanol–water partition coefficient (Wildman–Crippen LogP) is 4.59. The van der Waals surface area contributed by atoms with Gasteiger partial charge in [-0.2, -0.15) is 13.2 Å². The maximum atomic E-state index is 12.8. The smallest absolute Gasteiger partial charge is 0.166 e. The summed E-state index contributed by atoms with van der Waals surface area (Å²) in [4.78, 5) is 0. The van der Waals surface area contributed by atoms with Gasteiger partial charge in [0.1, 0.15) is 8.07 Å². The van der Waals surface area contributed by atoms with Crippen molar-refractivity contribution in [2.24, 2.45) is 0 Å². The Balaban J connectivity index is 3.34. The van der Waals surface area contributed by atoms with E-state index in [2.05, 4.69) is 11.5 Å². The van der Waals surface area contributed by atoms with Gasteiger partial charge in [-0.05, 0) is 12.1 Å². The molecule has 0 aliphatic rings. The van der Waals surface area contributed by atoms with E-state index in [4.69, 9.17) is 11.6 Å². The molecule has 0 fully saturated rings. The minimum Gasteiger partial charge on any atom is -0.166 e. The lowest BCUT2D eigenvalue weighted by Gasteiger charge is -2.11. The van der Waals surface area contributed by atoms with Gasteiger partial charge < -0.3 is 0 Å². The summed E-state index contributed by atoms with van der Waals surface area (Å²) in [6.07, 6.45) is -4.47. The van der Waals surface area contributed by atoms with Crippen molar-refractivity contribution >= 4 is 19.7 Å². The Morgan fingerprint density at radius 1 is 1.18 bits per heavy atom. The molecule has 5 heteroatoms. The third kappa shape index (κ3) is 4.10. The van der Waals surface area contributed by atoms with E-state index in [0.29, 0.717) is 0 Å². The second-order valence-electron chi connectivity index (χ2n) is 4.66. The van der Waals surface area contributed by atoms with Gasteiger partial charge in [0, 0.05) is 5.56 Å². The van der Waals surface area contributed by atoms with Crippen LogP contribution < -0.4 is 0 Å². The van der Waals surface area contributed by atoms with Crippen molar-refractivity contribution < 1.29 is 13.2 Å². The Bertz CT molecular complexity index is 475. The maximum absolute atomic E-state index is 12.8. The number of alkyl halides is 3. The quantitative estimate of drug-likeness (QED) is 0.480. The highest BCUT2D eigenvalue weighted by molar-refractivity contribution is 6.83. The molecule has 0 spiro atoms. The molecule has 0 N–H and O–H groups in total. The molecule has 0 saturated heterocycles. The Labute approximate surface area is 105 Å².